The minimum atomic E-state index is -0.605. The molecule has 1 aliphatic rings. The highest BCUT2D eigenvalue weighted by atomic mass is 32.1. The Hall–Kier alpha value is -3.03. The van der Waals surface area contributed by atoms with Gasteiger partial charge in [0.25, 0.3) is 0 Å². The zero-order valence-electron chi connectivity index (χ0n) is 14.3. The Kier molecular flexibility index (Phi) is 4.35. The molecule has 1 N–H and O–H groups in total. The zero-order valence-corrected chi connectivity index (χ0v) is 15.1. The topological polar surface area (TPSA) is 91.7 Å². The number of carbonyl (C=O) groups is 1. The van der Waals surface area contributed by atoms with Crippen LogP contribution >= 0.6 is 11.3 Å². The van der Waals surface area contributed by atoms with Gasteiger partial charge in [0.15, 0.2) is 0 Å². The fourth-order valence-corrected chi connectivity index (χ4v) is 4.21. The van der Waals surface area contributed by atoms with Crippen LogP contribution < -0.4 is 0 Å². The van der Waals surface area contributed by atoms with Gasteiger partial charge in [0.05, 0.1) is 5.56 Å². The summed E-state index contributed by atoms with van der Waals surface area (Å²) in [5.74, 6) is -0.497. The monoisotopic (exact) mass is 366 g/mol. The van der Waals surface area contributed by atoms with Gasteiger partial charge in [0, 0.05) is 35.7 Å². The number of amidine groups is 1. The Labute approximate surface area is 154 Å². The molecule has 1 aromatic carbocycles. The summed E-state index contributed by atoms with van der Waals surface area (Å²) in [5, 5.41) is 26.6. The Morgan fingerprint density at radius 2 is 2.00 bits per heavy atom. The number of amides is 1. The van der Waals surface area contributed by atoms with Crippen LogP contribution in [0.4, 0.5) is 4.39 Å². The molecule has 5 nitrogen and oxygen atoms in total. The molecule has 3 rings (SSSR count). The van der Waals surface area contributed by atoms with Gasteiger partial charge >= 0.3 is 0 Å². The maximum atomic E-state index is 13.6. The molecule has 7 heteroatoms. The smallest absolute Gasteiger partial charge is 0.228 e. The number of rotatable bonds is 2. The molecular weight excluding hydrogens is 351 g/mol. The summed E-state index contributed by atoms with van der Waals surface area (Å²) in [5.41, 5.74) is 0.553. The van der Waals surface area contributed by atoms with E-state index < -0.39 is 11.2 Å². The lowest BCUT2D eigenvalue weighted by Crippen LogP contribution is -2.46. The molecule has 2 heterocycles. The summed E-state index contributed by atoms with van der Waals surface area (Å²) in [6, 6.07) is 9.94. The molecule has 0 spiro atoms. The molecule has 1 amide bonds. The summed E-state index contributed by atoms with van der Waals surface area (Å²) in [7, 11) is 1.59. The molecule has 2 aromatic rings. The fraction of sp³-hybridized carbons (Fsp3) is 0.263. The summed E-state index contributed by atoms with van der Waals surface area (Å²) >= 11 is 1.28. The molecule has 1 aromatic heterocycles. The molecule has 1 saturated heterocycles. The summed E-state index contributed by atoms with van der Waals surface area (Å²) in [6.45, 7) is 1.91. The number of thiophene rings is 1. The molecule has 0 aliphatic carbocycles. The molecule has 0 bridgehead atoms. The second-order valence-corrected chi connectivity index (χ2v) is 7.64. The van der Waals surface area contributed by atoms with Gasteiger partial charge in [-0.05, 0) is 23.8 Å². The number of piperidine rings is 1. The van der Waals surface area contributed by atoms with Crippen LogP contribution in [0.5, 0.6) is 0 Å². The third-order valence-electron chi connectivity index (χ3n) is 4.70. The van der Waals surface area contributed by atoms with Crippen LogP contribution in [0, 0.1) is 33.9 Å². The van der Waals surface area contributed by atoms with E-state index in [0.29, 0.717) is 22.4 Å². The van der Waals surface area contributed by atoms with E-state index in [9.17, 15) is 14.4 Å². The Bertz CT molecular complexity index is 994. The maximum Gasteiger partial charge on any atom is 0.228 e. The maximum absolute atomic E-state index is 13.6. The van der Waals surface area contributed by atoms with Gasteiger partial charge in [-0.15, -0.1) is 11.3 Å². The van der Waals surface area contributed by atoms with Crippen LogP contribution in [0.25, 0.3) is 11.1 Å². The molecule has 1 aliphatic heterocycles. The van der Waals surface area contributed by atoms with Gasteiger partial charge in [-0.1, -0.05) is 13.0 Å². The average Bonchev–Trinajstić information content (AvgIpc) is 3.05. The first-order chi connectivity index (χ1) is 12.3. The average molecular weight is 366 g/mol. The second-order valence-electron chi connectivity index (χ2n) is 6.59. The van der Waals surface area contributed by atoms with Gasteiger partial charge in [-0.3, -0.25) is 10.2 Å². The number of likely N-dealkylation sites (tertiary alicyclic amines) is 1. The number of nitriles is 2. The number of nitrogens with zero attached hydrogens (tertiary/aromatic N) is 3. The third-order valence-corrected chi connectivity index (χ3v) is 6.05. The van der Waals surface area contributed by atoms with Crippen LogP contribution in [-0.4, -0.2) is 23.7 Å². The van der Waals surface area contributed by atoms with Crippen molar-refractivity contribution >= 4 is 23.1 Å². The van der Waals surface area contributed by atoms with Crippen LogP contribution in [0.1, 0.15) is 35.1 Å². The van der Waals surface area contributed by atoms with Gasteiger partial charge in [0.1, 0.15) is 28.7 Å². The van der Waals surface area contributed by atoms with Crippen molar-refractivity contribution in [3.05, 3.63) is 45.4 Å². The molecule has 1 atom stereocenters. The van der Waals surface area contributed by atoms with E-state index in [1.807, 2.05) is 13.0 Å². The summed E-state index contributed by atoms with van der Waals surface area (Å²) < 4.78 is 13.6. The highest BCUT2D eigenvalue weighted by molar-refractivity contribution is 7.13. The number of hydrogen-bond donors (Lipinski definition) is 1. The van der Waals surface area contributed by atoms with Crippen molar-refractivity contribution in [1.82, 2.24) is 4.90 Å². The quantitative estimate of drug-likeness (QED) is 0.876. The predicted octanol–water partition coefficient (Wildman–Crippen LogP) is 3.78. The van der Waals surface area contributed by atoms with E-state index in [1.165, 1.54) is 34.4 Å². The summed E-state index contributed by atoms with van der Waals surface area (Å²) in [6.07, 6.45) is 0.649. The van der Waals surface area contributed by atoms with Crippen LogP contribution in [0.15, 0.2) is 24.3 Å². The lowest BCUT2D eigenvalue weighted by atomic mass is 9.78. The molecule has 0 radical (unpaired) electrons. The van der Waals surface area contributed by atoms with E-state index >= 15 is 0 Å². The molecule has 1 fully saturated rings. The van der Waals surface area contributed by atoms with Crippen molar-refractivity contribution in [2.45, 2.75) is 25.2 Å². The zero-order chi connectivity index (χ0) is 19.1. The molecule has 0 unspecified atom stereocenters. The third kappa shape index (κ3) is 2.87. The van der Waals surface area contributed by atoms with Crippen molar-refractivity contribution in [2.24, 2.45) is 0 Å². The largest absolute Gasteiger partial charge is 0.304 e. The van der Waals surface area contributed by atoms with Gasteiger partial charge in [-0.25, -0.2) is 4.39 Å². The Morgan fingerprint density at radius 3 is 2.62 bits per heavy atom. The van der Waals surface area contributed by atoms with Crippen LogP contribution in [0.2, 0.25) is 0 Å². The normalized spacial score (nSPS) is 20.0. The van der Waals surface area contributed by atoms with Crippen molar-refractivity contribution in [3.8, 4) is 23.3 Å². The minimum absolute atomic E-state index is 0.0819. The minimum Gasteiger partial charge on any atom is -0.304 e. The van der Waals surface area contributed by atoms with Crippen molar-refractivity contribution in [1.29, 1.82) is 15.9 Å². The van der Waals surface area contributed by atoms with E-state index in [4.69, 9.17) is 10.7 Å². The highest BCUT2D eigenvalue weighted by Crippen LogP contribution is 2.43. The number of benzene rings is 1. The first kappa shape index (κ1) is 17.8. The van der Waals surface area contributed by atoms with Crippen LogP contribution in [0.3, 0.4) is 0 Å². The van der Waals surface area contributed by atoms with Gasteiger partial charge in [-0.2, -0.15) is 10.5 Å². The first-order valence-corrected chi connectivity index (χ1v) is 8.69. The summed E-state index contributed by atoms with van der Waals surface area (Å²) in [4.78, 5) is 14.8. The first-order valence-electron chi connectivity index (χ1n) is 7.87. The van der Waals surface area contributed by atoms with Crippen LogP contribution in [-0.2, 0) is 10.2 Å². The van der Waals surface area contributed by atoms with Gasteiger partial charge in [0.2, 0.25) is 5.91 Å². The van der Waals surface area contributed by atoms with Crippen molar-refractivity contribution in [3.63, 3.8) is 0 Å². The van der Waals surface area contributed by atoms with Crippen molar-refractivity contribution in [2.75, 3.05) is 7.05 Å². The highest BCUT2D eigenvalue weighted by Gasteiger charge is 2.40. The molecular formula is C19H15FN4OS. The molecule has 130 valence electrons. The van der Waals surface area contributed by atoms with E-state index in [-0.39, 0.29) is 23.7 Å². The fourth-order valence-electron chi connectivity index (χ4n) is 3.09. The number of carbonyl (C=O) groups excluding carboxylic acids is 1. The van der Waals surface area contributed by atoms with E-state index in [1.54, 1.807) is 13.1 Å². The lowest BCUT2D eigenvalue weighted by molar-refractivity contribution is -0.128. The number of halogens is 1. The van der Waals surface area contributed by atoms with E-state index in [0.717, 1.165) is 4.88 Å². The lowest BCUT2D eigenvalue weighted by Gasteiger charge is -2.36. The standard InChI is InChI=1S/C19H15FN4OS/c1-19(7-17(23)24(2)18(25)8-19)16-6-13(15(10-22)26-16)11-3-4-14(20)12(5-11)9-21/h3-6,23H,7-8H2,1-2H3/t19-/m0/s1. The Balaban J connectivity index is 2.08. The number of nitrogens with one attached hydrogen (secondary N) is 1. The second kappa shape index (κ2) is 6.36. The molecule has 26 heavy (non-hydrogen) atoms. The number of hydrogen-bond acceptors (Lipinski definition) is 5. The SMILES string of the molecule is CN1C(=N)C[C@](C)(c2cc(-c3ccc(F)c(C#N)c3)c(C#N)s2)CC1=O. The predicted molar refractivity (Wildman–Crippen MR) is 96.2 cm³/mol. The van der Waals surface area contributed by atoms with Gasteiger partial charge < -0.3 is 4.90 Å². The van der Waals surface area contributed by atoms with E-state index in [2.05, 4.69) is 6.07 Å². The van der Waals surface area contributed by atoms with Crippen molar-refractivity contribution < 1.29 is 9.18 Å². The molecule has 0 saturated carbocycles. The Morgan fingerprint density at radius 1 is 1.27 bits per heavy atom.